The van der Waals surface area contributed by atoms with Crippen molar-refractivity contribution in [3.63, 3.8) is 0 Å². The molecule has 0 bridgehead atoms. The number of nitrogens with zero attached hydrogens (tertiary/aromatic N) is 2. The standard InChI is InChI=1S/C23H24F7N3O/c1-13-8-18(24)4-5-19(13)20-12-31-6-7-33(20)21(34)32(3)14(2)15-9-16(22(25,26)27)11-17(10-15)23(28,29)30/h4-5,8-11,14,20,31H,6-7,12H2,1-3H3/t14-,20?/m0/s1. The van der Waals surface area contributed by atoms with Crippen LogP contribution in [0.4, 0.5) is 35.5 Å². The van der Waals surface area contributed by atoms with Gasteiger partial charge in [0, 0.05) is 26.7 Å². The van der Waals surface area contributed by atoms with Crippen LogP contribution in [0.15, 0.2) is 36.4 Å². The summed E-state index contributed by atoms with van der Waals surface area (Å²) in [5.41, 5.74) is -1.85. The van der Waals surface area contributed by atoms with Crippen LogP contribution in [0, 0.1) is 12.7 Å². The van der Waals surface area contributed by atoms with E-state index in [1.165, 1.54) is 31.0 Å². The second-order valence-electron chi connectivity index (χ2n) is 8.32. The van der Waals surface area contributed by atoms with Crippen LogP contribution in [0.25, 0.3) is 0 Å². The van der Waals surface area contributed by atoms with Crippen molar-refractivity contribution in [3.05, 3.63) is 70.0 Å². The van der Waals surface area contributed by atoms with Crippen LogP contribution in [0.1, 0.15) is 46.8 Å². The Morgan fingerprint density at radius 2 is 1.65 bits per heavy atom. The van der Waals surface area contributed by atoms with Gasteiger partial charge in [-0.25, -0.2) is 9.18 Å². The van der Waals surface area contributed by atoms with Crippen LogP contribution in [0.3, 0.4) is 0 Å². The maximum Gasteiger partial charge on any atom is 0.416 e. The van der Waals surface area contributed by atoms with Crippen LogP contribution in [0.5, 0.6) is 0 Å². The molecule has 0 aliphatic carbocycles. The third kappa shape index (κ3) is 5.45. The lowest BCUT2D eigenvalue weighted by Crippen LogP contribution is -2.52. The number of carbonyl (C=O) groups is 1. The highest BCUT2D eigenvalue weighted by molar-refractivity contribution is 5.75. The number of carbonyl (C=O) groups excluding carboxylic acids is 1. The van der Waals surface area contributed by atoms with Gasteiger partial charge in [0.25, 0.3) is 0 Å². The van der Waals surface area contributed by atoms with Gasteiger partial charge in [-0.15, -0.1) is 0 Å². The second-order valence-corrected chi connectivity index (χ2v) is 8.32. The van der Waals surface area contributed by atoms with Crippen LogP contribution in [-0.4, -0.2) is 42.5 Å². The van der Waals surface area contributed by atoms with E-state index < -0.39 is 47.4 Å². The first-order chi connectivity index (χ1) is 15.7. The van der Waals surface area contributed by atoms with Gasteiger partial charge < -0.3 is 15.1 Å². The number of aryl methyl sites for hydroxylation is 1. The Morgan fingerprint density at radius 3 is 2.18 bits per heavy atom. The number of hydrogen-bond acceptors (Lipinski definition) is 2. The molecule has 1 N–H and O–H groups in total. The van der Waals surface area contributed by atoms with Gasteiger partial charge in [-0.1, -0.05) is 6.07 Å². The van der Waals surface area contributed by atoms with Gasteiger partial charge in [0.1, 0.15) is 5.82 Å². The molecule has 1 aliphatic rings. The van der Waals surface area contributed by atoms with Gasteiger partial charge in [0.2, 0.25) is 0 Å². The molecule has 0 spiro atoms. The van der Waals surface area contributed by atoms with Gasteiger partial charge in [0.05, 0.1) is 23.2 Å². The van der Waals surface area contributed by atoms with Crippen LogP contribution in [-0.2, 0) is 12.4 Å². The molecule has 1 unspecified atom stereocenters. The smallest absolute Gasteiger partial charge is 0.321 e. The summed E-state index contributed by atoms with van der Waals surface area (Å²) < 4.78 is 93.2. The number of urea groups is 1. The van der Waals surface area contributed by atoms with E-state index >= 15 is 0 Å². The third-order valence-corrected chi connectivity index (χ3v) is 6.06. The molecule has 1 fully saturated rings. The number of halogens is 7. The quantitative estimate of drug-likeness (QED) is 0.541. The summed E-state index contributed by atoms with van der Waals surface area (Å²) in [4.78, 5) is 16.0. The Balaban J connectivity index is 1.94. The summed E-state index contributed by atoms with van der Waals surface area (Å²) >= 11 is 0. The number of piperazine rings is 1. The summed E-state index contributed by atoms with van der Waals surface area (Å²) in [6, 6.07) is 3.36. The zero-order valence-corrected chi connectivity index (χ0v) is 18.7. The van der Waals surface area contributed by atoms with Gasteiger partial charge >= 0.3 is 18.4 Å². The van der Waals surface area contributed by atoms with E-state index in [1.54, 1.807) is 13.0 Å². The molecular weight excluding hydrogens is 467 g/mol. The zero-order chi connectivity index (χ0) is 25.4. The number of hydrogen-bond donors (Lipinski definition) is 1. The molecular formula is C23H24F7N3O. The predicted molar refractivity (Wildman–Crippen MR) is 111 cm³/mol. The molecule has 0 aromatic heterocycles. The van der Waals surface area contributed by atoms with E-state index in [9.17, 15) is 35.5 Å². The molecule has 2 aromatic carbocycles. The summed E-state index contributed by atoms with van der Waals surface area (Å²) in [6.45, 7) is 4.14. The molecule has 3 rings (SSSR count). The molecule has 1 heterocycles. The minimum absolute atomic E-state index is 0.0572. The Kier molecular flexibility index (Phi) is 7.16. The number of rotatable bonds is 3. The molecule has 2 aromatic rings. The van der Waals surface area contributed by atoms with Crippen molar-refractivity contribution in [1.82, 2.24) is 15.1 Å². The zero-order valence-electron chi connectivity index (χ0n) is 18.7. The van der Waals surface area contributed by atoms with Crippen LogP contribution in [0.2, 0.25) is 0 Å². The summed E-state index contributed by atoms with van der Waals surface area (Å²) in [5, 5.41) is 3.15. The Bertz CT molecular complexity index is 1020. The largest absolute Gasteiger partial charge is 0.416 e. The van der Waals surface area contributed by atoms with E-state index in [1.807, 2.05) is 0 Å². The summed E-state index contributed by atoms with van der Waals surface area (Å²) in [6.07, 6.45) is -9.97. The minimum Gasteiger partial charge on any atom is -0.321 e. The fourth-order valence-corrected chi connectivity index (χ4v) is 4.04. The SMILES string of the molecule is Cc1cc(F)ccc1C1CNCCN1C(=O)N(C)[C@@H](C)c1cc(C(F)(F)F)cc(C(F)(F)F)c1. The molecule has 186 valence electrons. The lowest BCUT2D eigenvalue weighted by molar-refractivity contribution is -0.143. The molecule has 11 heteroatoms. The van der Waals surface area contributed by atoms with Crippen molar-refractivity contribution in [2.75, 3.05) is 26.7 Å². The fraction of sp³-hybridized carbons (Fsp3) is 0.435. The maximum atomic E-state index is 13.6. The van der Waals surface area contributed by atoms with Crippen molar-refractivity contribution in [2.45, 2.75) is 38.3 Å². The van der Waals surface area contributed by atoms with E-state index in [-0.39, 0.29) is 18.2 Å². The van der Waals surface area contributed by atoms with Crippen LogP contribution < -0.4 is 5.32 Å². The lowest BCUT2D eigenvalue weighted by atomic mass is 9.98. The second kappa shape index (κ2) is 9.44. The van der Waals surface area contributed by atoms with Crippen molar-refractivity contribution in [1.29, 1.82) is 0 Å². The Labute approximate surface area is 192 Å². The van der Waals surface area contributed by atoms with Crippen molar-refractivity contribution in [3.8, 4) is 0 Å². The molecule has 34 heavy (non-hydrogen) atoms. The number of alkyl halides is 6. The topological polar surface area (TPSA) is 35.6 Å². The number of benzene rings is 2. The van der Waals surface area contributed by atoms with Gasteiger partial charge in [-0.05, 0) is 60.9 Å². The molecule has 1 saturated heterocycles. The molecule has 1 aliphatic heterocycles. The van der Waals surface area contributed by atoms with Gasteiger partial charge in [-0.3, -0.25) is 0 Å². The number of nitrogens with one attached hydrogen (secondary N) is 1. The van der Waals surface area contributed by atoms with E-state index in [0.29, 0.717) is 36.3 Å². The molecule has 0 radical (unpaired) electrons. The highest BCUT2D eigenvalue weighted by Gasteiger charge is 2.38. The van der Waals surface area contributed by atoms with E-state index in [2.05, 4.69) is 5.32 Å². The van der Waals surface area contributed by atoms with E-state index in [4.69, 9.17) is 0 Å². The first-order valence-corrected chi connectivity index (χ1v) is 10.5. The van der Waals surface area contributed by atoms with Gasteiger partial charge in [-0.2, -0.15) is 26.3 Å². The third-order valence-electron chi connectivity index (χ3n) is 6.06. The minimum atomic E-state index is -4.98. The molecule has 2 amide bonds. The normalized spacial score (nSPS) is 18.1. The van der Waals surface area contributed by atoms with E-state index in [0.717, 1.165) is 4.90 Å². The molecule has 0 saturated carbocycles. The highest BCUT2D eigenvalue weighted by atomic mass is 19.4. The molecule has 2 atom stereocenters. The first kappa shape index (κ1) is 25.8. The van der Waals surface area contributed by atoms with Crippen molar-refractivity contribution >= 4 is 6.03 Å². The first-order valence-electron chi connectivity index (χ1n) is 10.5. The summed E-state index contributed by atoms with van der Waals surface area (Å²) in [7, 11) is 1.33. The number of amides is 2. The monoisotopic (exact) mass is 491 g/mol. The van der Waals surface area contributed by atoms with Gasteiger partial charge in [0.15, 0.2) is 0 Å². The lowest BCUT2D eigenvalue weighted by Gasteiger charge is -2.40. The van der Waals surface area contributed by atoms with Crippen molar-refractivity contribution < 1.29 is 35.5 Å². The van der Waals surface area contributed by atoms with Crippen LogP contribution >= 0.6 is 0 Å². The highest BCUT2D eigenvalue weighted by Crippen LogP contribution is 2.38. The van der Waals surface area contributed by atoms with Crippen molar-refractivity contribution in [2.24, 2.45) is 0 Å². The fourth-order valence-electron chi connectivity index (χ4n) is 4.04. The Morgan fingerprint density at radius 1 is 1.06 bits per heavy atom. The Hall–Kier alpha value is -2.82. The average molecular weight is 491 g/mol. The predicted octanol–water partition coefficient (Wildman–Crippen LogP) is 5.93. The molecule has 4 nitrogen and oxygen atoms in total. The summed E-state index contributed by atoms with van der Waals surface area (Å²) in [5.74, 6) is -0.432. The maximum absolute atomic E-state index is 13.6. The average Bonchev–Trinajstić information content (AvgIpc) is 2.76.